The van der Waals surface area contributed by atoms with Crippen LogP contribution in [-0.4, -0.2) is 18.5 Å². The Kier molecular flexibility index (Phi) is 5.20. The molecule has 0 saturated heterocycles. The van der Waals surface area contributed by atoms with Crippen molar-refractivity contribution < 1.29 is 14.3 Å². The van der Waals surface area contributed by atoms with E-state index in [1.54, 1.807) is 6.92 Å². The van der Waals surface area contributed by atoms with Crippen LogP contribution in [0.3, 0.4) is 0 Å². The van der Waals surface area contributed by atoms with Crippen molar-refractivity contribution in [3.63, 3.8) is 0 Å². The predicted molar refractivity (Wildman–Crippen MR) is 65.7 cm³/mol. The van der Waals surface area contributed by atoms with E-state index in [1.165, 1.54) is 0 Å². The van der Waals surface area contributed by atoms with Crippen LogP contribution >= 0.6 is 0 Å². The maximum Gasteiger partial charge on any atom is 0.306 e. The summed E-state index contributed by atoms with van der Waals surface area (Å²) in [7, 11) is 0. The lowest BCUT2D eigenvalue weighted by molar-refractivity contribution is -0.144. The number of benzene rings is 1. The molecular weight excluding hydrogens is 218 g/mol. The minimum absolute atomic E-state index is 0.117. The lowest BCUT2D eigenvalue weighted by Crippen LogP contribution is -2.14. The third kappa shape index (κ3) is 5.15. The number of amides is 1. The number of ether oxygens (including phenoxy) is 1. The molecule has 92 valence electrons. The van der Waals surface area contributed by atoms with Gasteiger partial charge in [-0.05, 0) is 31.5 Å². The van der Waals surface area contributed by atoms with Gasteiger partial charge in [-0.3, -0.25) is 9.59 Å². The second kappa shape index (κ2) is 6.68. The zero-order valence-electron chi connectivity index (χ0n) is 10.2. The average Bonchev–Trinajstić information content (AvgIpc) is 2.27. The molecule has 1 amide bonds. The van der Waals surface area contributed by atoms with Gasteiger partial charge < -0.3 is 10.1 Å². The highest BCUT2D eigenvalue weighted by molar-refractivity contribution is 5.92. The number of hydrogen-bond donors (Lipinski definition) is 1. The highest BCUT2D eigenvalue weighted by Gasteiger charge is 2.07. The molecule has 4 heteroatoms. The van der Waals surface area contributed by atoms with Gasteiger partial charge >= 0.3 is 5.97 Å². The van der Waals surface area contributed by atoms with Gasteiger partial charge in [0.1, 0.15) is 0 Å². The van der Waals surface area contributed by atoms with Crippen LogP contribution in [-0.2, 0) is 14.3 Å². The lowest BCUT2D eigenvalue weighted by atomic mass is 10.2. The Morgan fingerprint density at radius 1 is 1.29 bits per heavy atom. The van der Waals surface area contributed by atoms with Crippen molar-refractivity contribution in [2.75, 3.05) is 11.9 Å². The van der Waals surface area contributed by atoms with Gasteiger partial charge in [-0.2, -0.15) is 0 Å². The summed E-state index contributed by atoms with van der Waals surface area (Å²) >= 11 is 0. The molecule has 0 saturated carbocycles. The summed E-state index contributed by atoms with van der Waals surface area (Å²) in [6.45, 7) is 4.04. The Balaban J connectivity index is 2.37. The summed E-state index contributed by atoms with van der Waals surface area (Å²) in [4.78, 5) is 22.6. The first-order valence-electron chi connectivity index (χ1n) is 5.64. The fourth-order valence-corrected chi connectivity index (χ4v) is 1.40. The van der Waals surface area contributed by atoms with E-state index in [0.29, 0.717) is 6.61 Å². The molecule has 0 fully saturated rings. The number of anilines is 1. The van der Waals surface area contributed by atoms with Crippen LogP contribution < -0.4 is 5.32 Å². The molecule has 0 bridgehead atoms. The Morgan fingerprint density at radius 3 is 2.71 bits per heavy atom. The van der Waals surface area contributed by atoms with Gasteiger partial charge in [0.15, 0.2) is 0 Å². The summed E-state index contributed by atoms with van der Waals surface area (Å²) in [6, 6.07) is 7.52. The Hall–Kier alpha value is -1.84. The molecule has 0 aliphatic heterocycles. The number of aryl methyl sites for hydroxylation is 1. The molecule has 17 heavy (non-hydrogen) atoms. The van der Waals surface area contributed by atoms with Crippen molar-refractivity contribution >= 4 is 17.6 Å². The molecule has 0 radical (unpaired) electrons. The van der Waals surface area contributed by atoms with Gasteiger partial charge in [0.2, 0.25) is 5.91 Å². The zero-order valence-corrected chi connectivity index (χ0v) is 10.2. The molecule has 1 N–H and O–H groups in total. The van der Waals surface area contributed by atoms with Crippen LogP contribution in [0.1, 0.15) is 25.3 Å². The van der Waals surface area contributed by atoms with E-state index in [9.17, 15) is 9.59 Å². The van der Waals surface area contributed by atoms with Crippen molar-refractivity contribution in [1.29, 1.82) is 0 Å². The predicted octanol–water partition coefficient (Wildman–Crippen LogP) is 2.28. The number of esters is 1. The van der Waals surface area contributed by atoms with E-state index in [2.05, 4.69) is 5.32 Å². The minimum Gasteiger partial charge on any atom is -0.466 e. The van der Waals surface area contributed by atoms with Crippen molar-refractivity contribution in [1.82, 2.24) is 0 Å². The van der Waals surface area contributed by atoms with Gasteiger partial charge in [0.25, 0.3) is 0 Å². The fraction of sp³-hybridized carbons (Fsp3) is 0.385. The van der Waals surface area contributed by atoms with Crippen LogP contribution in [0, 0.1) is 6.92 Å². The standard InChI is InChI=1S/C13H17NO3/c1-3-17-13(16)8-7-12(15)14-11-6-4-5-10(2)9-11/h4-6,9H,3,7-8H2,1-2H3,(H,14,15). The van der Waals surface area contributed by atoms with E-state index in [0.717, 1.165) is 11.3 Å². The highest BCUT2D eigenvalue weighted by Crippen LogP contribution is 2.10. The van der Waals surface area contributed by atoms with Crippen LogP contribution in [0.2, 0.25) is 0 Å². The third-order valence-corrected chi connectivity index (χ3v) is 2.16. The largest absolute Gasteiger partial charge is 0.466 e. The number of hydrogen-bond acceptors (Lipinski definition) is 3. The number of carbonyl (C=O) groups is 2. The van der Waals surface area contributed by atoms with Crippen LogP contribution in [0.15, 0.2) is 24.3 Å². The summed E-state index contributed by atoms with van der Waals surface area (Å²) < 4.78 is 4.74. The summed E-state index contributed by atoms with van der Waals surface area (Å²) in [5, 5.41) is 2.73. The van der Waals surface area contributed by atoms with Crippen molar-refractivity contribution in [3.8, 4) is 0 Å². The maximum absolute atomic E-state index is 11.5. The monoisotopic (exact) mass is 235 g/mol. The number of rotatable bonds is 5. The van der Waals surface area contributed by atoms with Crippen LogP contribution in [0.5, 0.6) is 0 Å². The second-order valence-corrected chi connectivity index (χ2v) is 3.72. The zero-order chi connectivity index (χ0) is 12.7. The normalized spacial score (nSPS) is 9.76. The van der Waals surface area contributed by atoms with Gasteiger partial charge in [-0.1, -0.05) is 12.1 Å². The average molecular weight is 235 g/mol. The summed E-state index contributed by atoms with van der Waals surface area (Å²) in [5.74, 6) is -0.518. The third-order valence-electron chi connectivity index (χ3n) is 2.16. The lowest BCUT2D eigenvalue weighted by Gasteiger charge is -2.05. The van der Waals surface area contributed by atoms with E-state index >= 15 is 0 Å². The summed E-state index contributed by atoms with van der Waals surface area (Å²) in [6.07, 6.45) is 0.262. The van der Waals surface area contributed by atoms with E-state index in [-0.39, 0.29) is 24.7 Å². The van der Waals surface area contributed by atoms with Gasteiger partial charge in [-0.15, -0.1) is 0 Å². The molecule has 0 unspecified atom stereocenters. The second-order valence-electron chi connectivity index (χ2n) is 3.72. The molecule has 0 aliphatic carbocycles. The van der Waals surface area contributed by atoms with E-state index < -0.39 is 0 Å². The number of carbonyl (C=O) groups excluding carboxylic acids is 2. The molecular formula is C13H17NO3. The van der Waals surface area contributed by atoms with Crippen LogP contribution in [0.25, 0.3) is 0 Å². The molecule has 0 spiro atoms. The molecule has 0 aliphatic rings. The van der Waals surface area contributed by atoms with E-state index in [4.69, 9.17) is 4.74 Å². The Morgan fingerprint density at radius 2 is 2.06 bits per heavy atom. The molecule has 4 nitrogen and oxygen atoms in total. The molecule has 1 rings (SSSR count). The highest BCUT2D eigenvalue weighted by atomic mass is 16.5. The molecule has 0 atom stereocenters. The Labute approximate surface area is 101 Å². The SMILES string of the molecule is CCOC(=O)CCC(=O)Nc1cccc(C)c1. The Bertz CT molecular complexity index is 401. The first-order valence-corrected chi connectivity index (χ1v) is 5.64. The quantitative estimate of drug-likeness (QED) is 0.796. The van der Waals surface area contributed by atoms with Gasteiger partial charge in [0, 0.05) is 12.1 Å². The maximum atomic E-state index is 11.5. The summed E-state index contributed by atoms with van der Waals surface area (Å²) in [5.41, 5.74) is 1.83. The number of nitrogens with one attached hydrogen (secondary N) is 1. The topological polar surface area (TPSA) is 55.4 Å². The van der Waals surface area contributed by atoms with E-state index in [1.807, 2.05) is 31.2 Å². The van der Waals surface area contributed by atoms with Crippen LogP contribution in [0.4, 0.5) is 5.69 Å². The van der Waals surface area contributed by atoms with Gasteiger partial charge in [0.05, 0.1) is 13.0 Å². The smallest absolute Gasteiger partial charge is 0.306 e. The molecule has 0 heterocycles. The first kappa shape index (κ1) is 13.2. The van der Waals surface area contributed by atoms with Crippen molar-refractivity contribution in [2.24, 2.45) is 0 Å². The fourth-order valence-electron chi connectivity index (χ4n) is 1.40. The minimum atomic E-state index is -0.341. The molecule has 1 aromatic rings. The van der Waals surface area contributed by atoms with Crippen molar-refractivity contribution in [3.05, 3.63) is 29.8 Å². The first-order chi connectivity index (χ1) is 8.11. The molecule has 1 aromatic carbocycles. The van der Waals surface area contributed by atoms with Crippen molar-refractivity contribution in [2.45, 2.75) is 26.7 Å². The van der Waals surface area contributed by atoms with Gasteiger partial charge in [-0.25, -0.2) is 0 Å². The molecule has 0 aromatic heterocycles.